The number of carbonyl (C=O) groups is 1. The van der Waals surface area contributed by atoms with Crippen molar-refractivity contribution in [3.05, 3.63) is 28.5 Å². The number of guanidine groups is 1. The Bertz CT molecular complexity index is 772. The lowest BCUT2D eigenvalue weighted by Crippen LogP contribution is -2.55. The van der Waals surface area contributed by atoms with Crippen molar-refractivity contribution < 1.29 is 4.79 Å². The van der Waals surface area contributed by atoms with Crippen molar-refractivity contribution in [1.82, 2.24) is 25.0 Å². The van der Waals surface area contributed by atoms with Gasteiger partial charge >= 0.3 is 0 Å². The summed E-state index contributed by atoms with van der Waals surface area (Å²) in [5.41, 5.74) is 0.838. The van der Waals surface area contributed by atoms with Crippen molar-refractivity contribution >= 4 is 52.9 Å². The van der Waals surface area contributed by atoms with E-state index in [0.29, 0.717) is 19.6 Å². The molecule has 0 unspecified atom stereocenters. The molecule has 1 aliphatic rings. The minimum Gasteiger partial charge on any atom is -0.350 e. The normalized spacial score (nSPS) is 15.2. The molecule has 3 rings (SSSR count). The van der Waals surface area contributed by atoms with Crippen molar-refractivity contribution in [1.29, 1.82) is 0 Å². The fraction of sp³-hybridized carbons (Fsp3) is 0.500. The maximum atomic E-state index is 12.5. The highest BCUT2D eigenvalue weighted by Crippen LogP contribution is 2.16. The zero-order valence-electron chi connectivity index (χ0n) is 15.2. The fourth-order valence-electron chi connectivity index (χ4n) is 2.75. The average Bonchev–Trinajstić information content (AvgIpc) is 3.24. The number of hydrogen-bond donors (Lipinski definition) is 1. The zero-order valence-corrected chi connectivity index (χ0v) is 18.3. The van der Waals surface area contributed by atoms with Crippen LogP contribution in [0.5, 0.6) is 0 Å². The van der Waals surface area contributed by atoms with Crippen LogP contribution in [0, 0.1) is 0 Å². The predicted octanol–water partition coefficient (Wildman–Crippen LogP) is 1.48. The molecule has 2 aromatic heterocycles. The minimum atomic E-state index is 0. The largest absolute Gasteiger partial charge is 0.350 e. The number of amides is 1. The Kier molecular flexibility index (Phi) is 7.38. The number of piperazine rings is 1. The number of halogens is 1. The second-order valence-electron chi connectivity index (χ2n) is 5.81. The standard InChI is InChI=1S/C16H23N7OS.HI/c1-4-13-8-18-14(25-13)9-19-16(17-2)22-5-6-23(15(24)11-22)12-7-20-21(3)10-12;/h7-8,10H,4-6,9,11H2,1-3H3,(H,17,19);1H. The quantitative estimate of drug-likeness (QED) is 0.400. The van der Waals surface area contributed by atoms with Crippen molar-refractivity contribution in [2.45, 2.75) is 19.9 Å². The van der Waals surface area contributed by atoms with Gasteiger partial charge < -0.3 is 15.1 Å². The molecule has 0 saturated carbocycles. The molecular formula is C16H24IN7OS. The molecule has 0 atom stereocenters. The average molecular weight is 489 g/mol. The fourth-order valence-corrected chi connectivity index (χ4v) is 3.56. The number of rotatable bonds is 4. The van der Waals surface area contributed by atoms with Crippen LogP contribution in [0.3, 0.4) is 0 Å². The second-order valence-corrected chi connectivity index (χ2v) is 7.01. The Balaban J connectivity index is 0.00000243. The van der Waals surface area contributed by atoms with Gasteiger partial charge in [-0.1, -0.05) is 6.92 Å². The van der Waals surface area contributed by atoms with E-state index in [-0.39, 0.29) is 29.9 Å². The molecular weight excluding hydrogens is 465 g/mol. The van der Waals surface area contributed by atoms with E-state index in [2.05, 4.69) is 27.3 Å². The molecule has 1 N–H and O–H groups in total. The maximum Gasteiger partial charge on any atom is 0.246 e. The number of carbonyl (C=O) groups excluding carboxylic acids is 1. The van der Waals surface area contributed by atoms with E-state index >= 15 is 0 Å². The Morgan fingerprint density at radius 1 is 1.38 bits per heavy atom. The van der Waals surface area contributed by atoms with E-state index in [0.717, 1.165) is 29.6 Å². The summed E-state index contributed by atoms with van der Waals surface area (Å²) in [6.07, 6.45) is 6.49. The van der Waals surface area contributed by atoms with Crippen molar-refractivity contribution in [3.8, 4) is 0 Å². The van der Waals surface area contributed by atoms with Crippen molar-refractivity contribution in [2.75, 3.05) is 31.6 Å². The van der Waals surface area contributed by atoms with Crippen LogP contribution in [0.1, 0.15) is 16.8 Å². The highest BCUT2D eigenvalue weighted by molar-refractivity contribution is 14.0. The lowest BCUT2D eigenvalue weighted by molar-refractivity contribution is -0.120. The van der Waals surface area contributed by atoms with Crippen LogP contribution in [-0.4, -0.2) is 58.2 Å². The zero-order chi connectivity index (χ0) is 17.8. The molecule has 142 valence electrons. The van der Waals surface area contributed by atoms with Gasteiger partial charge in [-0.05, 0) is 6.42 Å². The summed E-state index contributed by atoms with van der Waals surface area (Å²) in [7, 11) is 3.58. The molecule has 0 aromatic carbocycles. The third-order valence-corrected chi connectivity index (χ3v) is 5.22. The Morgan fingerprint density at radius 2 is 2.19 bits per heavy atom. The first-order valence-electron chi connectivity index (χ1n) is 8.29. The number of anilines is 1. The number of aromatic nitrogens is 3. The van der Waals surface area contributed by atoms with Gasteiger partial charge in [0, 0.05) is 44.5 Å². The molecule has 10 heteroatoms. The van der Waals surface area contributed by atoms with Crippen LogP contribution in [0.4, 0.5) is 5.69 Å². The molecule has 1 fully saturated rings. The summed E-state index contributed by atoms with van der Waals surface area (Å²) in [5, 5.41) is 8.47. The first kappa shape index (κ1) is 20.6. The minimum absolute atomic E-state index is 0. The van der Waals surface area contributed by atoms with Gasteiger partial charge in [-0.3, -0.25) is 14.5 Å². The topological polar surface area (TPSA) is 78.7 Å². The number of nitrogens with zero attached hydrogens (tertiary/aromatic N) is 6. The number of thiazole rings is 1. The highest BCUT2D eigenvalue weighted by Gasteiger charge is 2.27. The van der Waals surface area contributed by atoms with Crippen LogP contribution in [-0.2, 0) is 24.8 Å². The summed E-state index contributed by atoms with van der Waals surface area (Å²) in [5.74, 6) is 0.775. The molecule has 0 radical (unpaired) electrons. The molecule has 26 heavy (non-hydrogen) atoms. The summed E-state index contributed by atoms with van der Waals surface area (Å²) in [6, 6.07) is 0. The third-order valence-electron chi connectivity index (χ3n) is 4.08. The molecule has 1 aliphatic heterocycles. The van der Waals surface area contributed by atoms with E-state index in [1.807, 2.05) is 24.3 Å². The smallest absolute Gasteiger partial charge is 0.246 e. The van der Waals surface area contributed by atoms with Crippen LogP contribution in [0.25, 0.3) is 0 Å². The molecule has 0 spiro atoms. The van der Waals surface area contributed by atoms with E-state index in [9.17, 15) is 4.79 Å². The molecule has 3 heterocycles. The molecule has 8 nitrogen and oxygen atoms in total. The number of aliphatic imine (C=N–C) groups is 1. The van der Waals surface area contributed by atoms with Gasteiger partial charge in [0.05, 0.1) is 18.4 Å². The van der Waals surface area contributed by atoms with Gasteiger partial charge in [0.25, 0.3) is 0 Å². The number of aryl methyl sites for hydroxylation is 2. The van der Waals surface area contributed by atoms with Gasteiger partial charge in [0.2, 0.25) is 5.91 Å². The lowest BCUT2D eigenvalue weighted by Gasteiger charge is -2.35. The molecule has 1 amide bonds. The van der Waals surface area contributed by atoms with Crippen molar-refractivity contribution in [2.24, 2.45) is 12.0 Å². The van der Waals surface area contributed by atoms with Crippen LogP contribution >= 0.6 is 35.3 Å². The van der Waals surface area contributed by atoms with E-state index < -0.39 is 0 Å². The Morgan fingerprint density at radius 3 is 2.77 bits per heavy atom. The van der Waals surface area contributed by atoms with Crippen LogP contribution in [0.15, 0.2) is 23.6 Å². The SMILES string of the molecule is CCc1cnc(CNC(=NC)N2CCN(c3cnn(C)c3)C(=O)C2)s1.I. The summed E-state index contributed by atoms with van der Waals surface area (Å²) in [4.78, 5) is 26.2. The van der Waals surface area contributed by atoms with Gasteiger partial charge in [-0.25, -0.2) is 4.98 Å². The van der Waals surface area contributed by atoms with Crippen molar-refractivity contribution in [3.63, 3.8) is 0 Å². The number of hydrogen-bond acceptors (Lipinski definition) is 5. The molecule has 0 bridgehead atoms. The predicted molar refractivity (Wildman–Crippen MR) is 114 cm³/mol. The van der Waals surface area contributed by atoms with Gasteiger partial charge in [-0.2, -0.15) is 5.10 Å². The van der Waals surface area contributed by atoms with E-state index in [1.165, 1.54) is 4.88 Å². The van der Waals surface area contributed by atoms with E-state index in [1.54, 1.807) is 34.2 Å². The van der Waals surface area contributed by atoms with E-state index in [4.69, 9.17) is 0 Å². The maximum absolute atomic E-state index is 12.5. The first-order chi connectivity index (χ1) is 12.1. The highest BCUT2D eigenvalue weighted by atomic mass is 127. The van der Waals surface area contributed by atoms with Gasteiger partial charge in [-0.15, -0.1) is 35.3 Å². The first-order valence-corrected chi connectivity index (χ1v) is 9.10. The number of nitrogens with one attached hydrogen (secondary N) is 1. The van der Waals surface area contributed by atoms with Gasteiger partial charge in [0.15, 0.2) is 5.96 Å². The summed E-state index contributed by atoms with van der Waals surface area (Å²) in [6.45, 7) is 4.37. The van der Waals surface area contributed by atoms with Crippen LogP contribution in [0.2, 0.25) is 0 Å². The Hall–Kier alpha value is -1.69. The molecule has 0 aliphatic carbocycles. The summed E-state index contributed by atoms with van der Waals surface area (Å²) < 4.78 is 1.70. The van der Waals surface area contributed by atoms with Gasteiger partial charge in [0.1, 0.15) is 11.6 Å². The van der Waals surface area contributed by atoms with Crippen LogP contribution < -0.4 is 10.2 Å². The third kappa shape index (κ3) is 4.72. The Labute approximate surface area is 174 Å². The monoisotopic (exact) mass is 489 g/mol. The summed E-state index contributed by atoms with van der Waals surface area (Å²) >= 11 is 1.70. The molecule has 2 aromatic rings. The lowest BCUT2D eigenvalue weighted by atomic mass is 10.3. The molecule has 1 saturated heterocycles. The second kappa shape index (κ2) is 9.31.